The van der Waals surface area contributed by atoms with Crippen LogP contribution in [-0.2, 0) is 9.59 Å². The van der Waals surface area contributed by atoms with Gasteiger partial charge in [-0.25, -0.2) is 0 Å². The summed E-state index contributed by atoms with van der Waals surface area (Å²) < 4.78 is 0. The average molecular weight is 258 g/mol. The zero-order valence-electron chi connectivity index (χ0n) is 11.1. The van der Waals surface area contributed by atoms with E-state index >= 15 is 0 Å². The summed E-state index contributed by atoms with van der Waals surface area (Å²) in [4.78, 5) is 24.6. The van der Waals surface area contributed by atoms with E-state index in [0.717, 1.165) is 6.42 Å². The Balaban J connectivity index is 4.52. The van der Waals surface area contributed by atoms with Crippen LogP contribution in [0.4, 0.5) is 0 Å². The molecule has 0 heterocycles. The van der Waals surface area contributed by atoms with E-state index < -0.39 is 5.92 Å². The van der Waals surface area contributed by atoms with E-state index in [1.54, 1.807) is 14.1 Å². The molecule has 0 aromatic rings. The molecule has 0 saturated carbocycles. The van der Waals surface area contributed by atoms with Gasteiger partial charge in [-0.15, -0.1) is 0 Å². The van der Waals surface area contributed by atoms with Crippen LogP contribution in [0.25, 0.3) is 0 Å². The van der Waals surface area contributed by atoms with Gasteiger partial charge >= 0.3 is 0 Å². The van der Waals surface area contributed by atoms with Crippen LogP contribution in [-0.4, -0.2) is 48.4 Å². The largest absolute Gasteiger partial charge is 0.409 e. The number of carbonyl (C=O) groups excluding carboxylic acids is 2. The summed E-state index contributed by atoms with van der Waals surface area (Å²) >= 11 is 0. The van der Waals surface area contributed by atoms with Crippen LogP contribution in [0.2, 0.25) is 0 Å². The number of nitrogens with zero attached hydrogens (tertiary/aromatic N) is 2. The molecule has 7 nitrogen and oxygen atoms in total. The fourth-order valence-corrected chi connectivity index (χ4v) is 1.53. The highest BCUT2D eigenvalue weighted by atomic mass is 16.4. The number of hydrogen-bond donors (Lipinski definition) is 3. The van der Waals surface area contributed by atoms with Gasteiger partial charge < -0.3 is 21.2 Å². The van der Waals surface area contributed by atoms with Crippen molar-refractivity contribution >= 4 is 17.6 Å². The SMILES string of the molecule is CCCC(C(=O)N(C)CCC(=O)NC)C(N)=NO. The molecule has 0 bridgehead atoms. The van der Waals surface area contributed by atoms with Crippen molar-refractivity contribution in [3.8, 4) is 0 Å². The van der Waals surface area contributed by atoms with Gasteiger partial charge in [0.1, 0.15) is 0 Å². The van der Waals surface area contributed by atoms with Crippen LogP contribution in [0.1, 0.15) is 26.2 Å². The first kappa shape index (κ1) is 16.2. The van der Waals surface area contributed by atoms with E-state index in [1.165, 1.54) is 4.90 Å². The number of amidine groups is 1. The third kappa shape index (κ3) is 5.03. The number of oxime groups is 1. The molecule has 0 spiro atoms. The summed E-state index contributed by atoms with van der Waals surface area (Å²) in [6.07, 6.45) is 1.49. The molecule has 4 N–H and O–H groups in total. The van der Waals surface area contributed by atoms with Crippen molar-refractivity contribution in [1.82, 2.24) is 10.2 Å². The first-order valence-electron chi connectivity index (χ1n) is 5.90. The first-order chi connectivity index (χ1) is 8.47. The summed E-state index contributed by atoms with van der Waals surface area (Å²) in [5.74, 6) is -1.09. The molecule has 104 valence electrons. The molecule has 0 fully saturated rings. The molecule has 0 radical (unpaired) electrons. The molecule has 0 aliphatic rings. The minimum atomic E-state index is -0.630. The predicted molar refractivity (Wildman–Crippen MR) is 68.1 cm³/mol. The summed E-state index contributed by atoms with van der Waals surface area (Å²) in [6, 6.07) is 0. The van der Waals surface area contributed by atoms with Crippen LogP contribution in [0.3, 0.4) is 0 Å². The highest BCUT2D eigenvalue weighted by molar-refractivity contribution is 6.02. The third-order valence-corrected chi connectivity index (χ3v) is 2.68. The van der Waals surface area contributed by atoms with E-state index in [-0.39, 0.29) is 24.1 Å². The maximum atomic E-state index is 12.1. The lowest BCUT2D eigenvalue weighted by Gasteiger charge is -2.22. The fourth-order valence-electron chi connectivity index (χ4n) is 1.53. The van der Waals surface area contributed by atoms with Crippen molar-refractivity contribution in [3.05, 3.63) is 0 Å². The van der Waals surface area contributed by atoms with E-state index in [4.69, 9.17) is 10.9 Å². The number of nitrogens with one attached hydrogen (secondary N) is 1. The average Bonchev–Trinajstić information content (AvgIpc) is 2.39. The van der Waals surface area contributed by atoms with Crippen LogP contribution in [0.15, 0.2) is 5.16 Å². The molecule has 1 unspecified atom stereocenters. The predicted octanol–water partition coefficient (Wildman–Crippen LogP) is -0.256. The molecular formula is C11H22N4O3. The second kappa shape index (κ2) is 8.32. The van der Waals surface area contributed by atoms with Gasteiger partial charge in [0.25, 0.3) is 0 Å². The van der Waals surface area contributed by atoms with E-state index in [9.17, 15) is 9.59 Å². The van der Waals surface area contributed by atoms with Crippen molar-refractivity contribution < 1.29 is 14.8 Å². The van der Waals surface area contributed by atoms with Gasteiger partial charge in [-0.1, -0.05) is 18.5 Å². The smallest absolute Gasteiger partial charge is 0.233 e. The molecule has 0 aliphatic heterocycles. The Morgan fingerprint density at radius 3 is 2.56 bits per heavy atom. The van der Waals surface area contributed by atoms with Crippen molar-refractivity contribution in [1.29, 1.82) is 0 Å². The Labute approximate surface area is 107 Å². The van der Waals surface area contributed by atoms with Crippen molar-refractivity contribution in [2.45, 2.75) is 26.2 Å². The zero-order chi connectivity index (χ0) is 14.1. The van der Waals surface area contributed by atoms with Crippen LogP contribution >= 0.6 is 0 Å². The van der Waals surface area contributed by atoms with Gasteiger partial charge in [-0.2, -0.15) is 0 Å². The highest BCUT2D eigenvalue weighted by Crippen LogP contribution is 2.10. The number of rotatable bonds is 7. The fraction of sp³-hybridized carbons (Fsp3) is 0.727. The van der Waals surface area contributed by atoms with Gasteiger partial charge in [0, 0.05) is 27.1 Å². The van der Waals surface area contributed by atoms with Crippen molar-refractivity contribution in [2.75, 3.05) is 20.6 Å². The number of amides is 2. The van der Waals surface area contributed by atoms with E-state index in [1.807, 2.05) is 6.92 Å². The van der Waals surface area contributed by atoms with Gasteiger partial charge in [0.2, 0.25) is 11.8 Å². The minimum Gasteiger partial charge on any atom is -0.409 e. The molecule has 0 aromatic carbocycles. The van der Waals surface area contributed by atoms with Crippen LogP contribution < -0.4 is 11.1 Å². The van der Waals surface area contributed by atoms with Crippen molar-refractivity contribution in [2.24, 2.45) is 16.8 Å². The second-order valence-electron chi connectivity index (χ2n) is 4.05. The molecular weight excluding hydrogens is 236 g/mol. The van der Waals surface area contributed by atoms with Gasteiger partial charge in [-0.05, 0) is 6.42 Å². The number of carbonyl (C=O) groups is 2. The molecule has 7 heteroatoms. The lowest BCUT2D eigenvalue weighted by atomic mass is 10.0. The van der Waals surface area contributed by atoms with Gasteiger partial charge in [0.15, 0.2) is 5.84 Å². The highest BCUT2D eigenvalue weighted by Gasteiger charge is 2.25. The molecule has 0 saturated heterocycles. The topological polar surface area (TPSA) is 108 Å². The zero-order valence-corrected chi connectivity index (χ0v) is 11.1. The number of nitrogens with two attached hydrogens (primary N) is 1. The molecule has 18 heavy (non-hydrogen) atoms. The monoisotopic (exact) mass is 258 g/mol. The Bertz CT molecular complexity index is 317. The molecule has 1 atom stereocenters. The number of hydrogen-bond acceptors (Lipinski definition) is 4. The Morgan fingerprint density at radius 2 is 2.11 bits per heavy atom. The molecule has 0 aliphatic carbocycles. The first-order valence-corrected chi connectivity index (χ1v) is 5.90. The minimum absolute atomic E-state index is 0.0892. The van der Waals surface area contributed by atoms with Crippen LogP contribution in [0, 0.1) is 5.92 Å². The van der Waals surface area contributed by atoms with Crippen LogP contribution in [0.5, 0.6) is 0 Å². The van der Waals surface area contributed by atoms with E-state index in [2.05, 4.69) is 10.5 Å². The Morgan fingerprint density at radius 1 is 1.50 bits per heavy atom. The van der Waals surface area contributed by atoms with Crippen molar-refractivity contribution in [3.63, 3.8) is 0 Å². The molecule has 0 rings (SSSR count). The summed E-state index contributed by atoms with van der Waals surface area (Å²) in [7, 11) is 3.14. The summed E-state index contributed by atoms with van der Waals surface area (Å²) in [6.45, 7) is 2.22. The summed E-state index contributed by atoms with van der Waals surface area (Å²) in [5, 5.41) is 14.0. The summed E-state index contributed by atoms with van der Waals surface area (Å²) in [5.41, 5.74) is 5.50. The Kier molecular flexibility index (Phi) is 7.50. The Hall–Kier alpha value is -1.79. The standard InChI is InChI=1S/C11H22N4O3/c1-4-5-8(10(12)14-18)11(17)15(3)7-6-9(16)13-2/h8,18H,4-7H2,1-3H3,(H2,12,14)(H,13,16). The maximum Gasteiger partial charge on any atom is 0.233 e. The molecule has 2 amide bonds. The maximum absolute atomic E-state index is 12.1. The van der Waals surface area contributed by atoms with Gasteiger partial charge in [0.05, 0.1) is 5.92 Å². The van der Waals surface area contributed by atoms with Gasteiger partial charge in [-0.3, -0.25) is 9.59 Å². The normalized spacial score (nSPS) is 12.9. The lowest BCUT2D eigenvalue weighted by Crippen LogP contribution is -2.41. The lowest BCUT2D eigenvalue weighted by molar-refractivity contribution is -0.132. The second-order valence-corrected chi connectivity index (χ2v) is 4.05. The third-order valence-electron chi connectivity index (χ3n) is 2.68. The molecule has 0 aromatic heterocycles. The quantitative estimate of drug-likeness (QED) is 0.253. The van der Waals surface area contributed by atoms with E-state index in [0.29, 0.717) is 13.0 Å².